The van der Waals surface area contributed by atoms with Crippen LogP contribution in [0.2, 0.25) is 0 Å². The second-order valence-corrected chi connectivity index (χ2v) is 5.97. The molecule has 0 bridgehead atoms. The van der Waals surface area contributed by atoms with Gasteiger partial charge in [-0.3, -0.25) is 9.69 Å². The van der Waals surface area contributed by atoms with E-state index in [1.807, 2.05) is 7.05 Å². The molecule has 1 aromatic rings. The molecule has 1 aliphatic rings. The lowest BCUT2D eigenvalue weighted by Gasteiger charge is -2.23. The fraction of sp³-hybridized carbons (Fsp3) is 0.571. The first kappa shape index (κ1) is 15.0. The van der Waals surface area contributed by atoms with Crippen molar-refractivity contribution in [3.8, 4) is 0 Å². The highest BCUT2D eigenvalue weighted by Gasteiger charge is 2.22. The summed E-state index contributed by atoms with van der Waals surface area (Å²) in [7, 11) is 3.31. The zero-order valence-corrected chi connectivity index (χ0v) is 12.7. The molecule has 5 nitrogen and oxygen atoms in total. The van der Waals surface area contributed by atoms with Gasteiger partial charge in [-0.1, -0.05) is 12.8 Å². The maximum Gasteiger partial charge on any atom is 0.350 e. The van der Waals surface area contributed by atoms with Gasteiger partial charge in [-0.2, -0.15) is 0 Å². The Labute approximate surface area is 122 Å². The van der Waals surface area contributed by atoms with E-state index in [-0.39, 0.29) is 5.91 Å². The number of esters is 1. The molecule has 110 valence electrons. The molecule has 1 aliphatic carbocycles. The van der Waals surface area contributed by atoms with Crippen LogP contribution < -0.4 is 5.32 Å². The van der Waals surface area contributed by atoms with Crippen molar-refractivity contribution in [1.82, 2.24) is 4.90 Å². The Bertz CT molecular complexity index is 481. The molecule has 1 aromatic heterocycles. The number of hydrogen-bond donors (Lipinski definition) is 1. The number of rotatable bonds is 5. The summed E-state index contributed by atoms with van der Waals surface area (Å²) in [5, 5.41) is 4.56. The minimum atomic E-state index is -0.417. The molecular weight excluding hydrogens is 276 g/mol. The summed E-state index contributed by atoms with van der Waals surface area (Å²) >= 11 is 1.27. The lowest BCUT2D eigenvalue weighted by molar-refractivity contribution is -0.117. The van der Waals surface area contributed by atoms with E-state index < -0.39 is 5.97 Å². The van der Waals surface area contributed by atoms with Crippen LogP contribution in [0.5, 0.6) is 0 Å². The number of nitrogens with one attached hydrogen (secondary N) is 1. The zero-order chi connectivity index (χ0) is 14.5. The molecule has 1 saturated carbocycles. The van der Waals surface area contributed by atoms with Gasteiger partial charge in [0.05, 0.1) is 19.3 Å². The average Bonchev–Trinajstić information content (AvgIpc) is 3.08. The van der Waals surface area contributed by atoms with Gasteiger partial charge in [-0.15, -0.1) is 11.3 Å². The Balaban J connectivity index is 1.91. The molecule has 0 atom stereocenters. The van der Waals surface area contributed by atoms with Gasteiger partial charge >= 0.3 is 5.97 Å². The van der Waals surface area contributed by atoms with Crippen LogP contribution in [-0.2, 0) is 9.53 Å². The fourth-order valence-electron chi connectivity index (χ4n) is 2.55. The first-order chi connectivity index (χ1) is 9.61. The normalized spacial score (nSPS) is 15.6. The molecule has 0 saturated heterocycles. The number of nitrogens with zero attached hydrogens (tertiary/aromatic N) is 1. The predicted octanol–water partition coefficient (Wildman–Crippen LogP) is 2.35. The summed E-state index contributed by atoms with van der Waals surface area (Å²) in [4.78, 5) is 26.1. The smallest absolute Gasteiger partial charge is 0.350 e. The Morgan fingerprint density at radius 2 is 2.15 bits per heavy atom. The van der Waals surface area contributed by atoms with Crippen molar-refractivity contribution >= 4 is 28.9 Å². The number of methoxy groups -OCH3 is 1. The van der Waals surface area contributed by atoms with Crippen LogP contribution in [0.1, 0.15) is 35.4 Å². The molecule has 1 fully saturated rings. The van der Waals surface area contributed by atoms with E-state index in [1.165, 1.54) is 31.3 Å². The minimum Gasteiger partial charge on any atom is -0.465 e. The summed E-state index contributed by atoms with van der Waals surface area (Å²) in [6, 6.07) is 2.23. The zero-order valence-electron chi connectivity index (χ0n) is 11.8. The van der Waals surface area contributed by atoms with Gasteiger partial charge in [-0.05, 0) is 31.3 Å². The summed E-state index contributed by atoms with van der Waals surface area (Å²) in [6.45, 7) is 0.348. The minimum absolute atomic E-state index is 0.0945. The van der Waals surface area contributed by atoms with Gasteiger partial charge in [0.15, 0.2) is 0 Å². The average molecular weight is 296 g/mol. The largest absolute Gasteiger partial charge is 0.465 e. The Morgan fingerprint density at radius 3 is 2.80 bits per heavy atom. The molecule has 1 N–H and O–H groups in total. The summed E-state index contributed by atoms with van der Waals surface area (Å²) in [6.07, 6.45) is 4.81. The summed E-state index contributed by atoms with van der Waals surface area (Å²) in [5.74, 6) is -0.512. The molecule has 0 radical (unpaired) electrons. The van der Waals surface area contributed by atoms with Crippen molar-refractivity contribution < 1.29 is 14.3 Å². The molecule has 0 aliphatic heterocycles. The van der Waals surface area contributed by atoms with Crippen molar-refractivity contribution in [2.45, 2.75) is 31.7 Å². The predicted molar refractivity (Wildman–Crippen MR) is 79.2 cm³/mol. The van der Waals surface area contributed by atoms with Crippen LogP contribution in [-0.4, -0.2) is 43.5 Å². The number of hydrogen-bond acceptors (Lipinski definition) is 5. The Hall–Kier alpha value is -1.40. The van der Waals surface area contributed by atoms with Gasteiger partial charge in [0.2, 0.25) is 5.91 Å². The first-order valence-corrected chi connectivity index (χ1v) is 7.65. The van der Waals surface area contributed by atoms with Crippen molar-refractivity contribution in [3.05, 3.63) is 16.3 Å². The third kappa shape index (κ3) is 3.58. The SMILES string of the molecule is COC(=O)c1sccc1NC(=O)CN(C)C1CCCC1. The quantitative estimate of drug-likeness (QED) is 0.847. The summed E-state index contributed by atoms with van der Waals surface area (Å²) in [5.41, 5.74) is 0.534. The van der Waals surface area contributed by atoms with Crippen LogP contribution in [0, 0.1) is 0 Å². The van der Waals surface area contributed by atoms with Crippen LogP contribution >= 0.6 is 11.3 Å². The number of amides is 1. The van der Waals surface area contributed by atoms with E-state index in [0.717, 1.165) is 12.8 Å². The van der Waals surface area contributed by atoms with E-state index in [1.54, 1.807) is 11.4 Å². The maximum absolute atomic E-state index is 12.0. The lowest BCUT2D eigenvalue weighted by atomic mass is 10.2. The second kappa shape index (κ2) is 6.85. The van der Waals surface area contributed by atoms with Crippen LogP contribution in [0.4, 0.5) is 5.69 Å². The van der Waals surface area contributed by atoms with Crippen molar-refractivity contribution in [2.75, 3.05) is 26.0 Å². The van der Waals surface area contributed by atoms with E-state index in [2.05, 4.69) is 15.0 Å². The highest BCUT2D eigenvalue weighted by Crippen LogP contribution is 2.24. The highest BCUT2D eigenvalue weighted by atomic mass is 32.1. The van der Waals surface area contributed by atoms with Gasteiger partial charge < -0.3 is 10.1 Å². The van der Waals surface area contributed by atoms with Crippen LogP contribution in [0.3, 0.4) is 0 Å². The van der Waals surface area contributed by atoms with E-state index in [9.17, 15) is 9.59 Å². The molecular formula is C14H20N2O3S. The molecule has 0 aromatic carbocycles. The summed E-state index contributed by atoms with van der Waals surface area (Å²) < 4.78 is 4.69. The Kier molecular flexibility index (Phi) is 5.14. The first-order valence-electron chi connectivity index (χ1n) is 6.77. The van der Waals surface area contributed by atoms with Gasteiger partial charge in [0.25, 0.3) is 0 Å². The molecule has 1 amide bonds. The molecule has 2 rings (SSSR count). The monoisotopic (exact) mass is 296 g/mol. The third-order valence-electron chi connectivity index (χ3n) is 3.65. The van der Waals surface area contributed by atoms with Gasteiger partial charge in [0, 0.05) is 6.04 Å². The van der Waals surface area contributed by atoms with Gasteiger partial charge in [-0.25, -0.2) is 4.79 Å². The lowest BCUT2D eigenvalue weighted by Crippen LogP contribution is -2.36. The molecule has 0 spiro atoms. The van der Waals surface area contributed by atoms with Crippen molar-refractivity contribution in [1.29, 1.82) is 0 Å². The third-order valence-corrected chi connectivity index (χ3v) is 4.55. The van der Waals surface area contributed by atoms with E-state index in [4.69, 9.17) is 0 Å². The van der Waals surface area contributed by atoms with Crippen LogP contribution in [0.15, 0.2) is 11.4 Å². The molecule has 6 heteroatoms. The molecule has 1 heterocycles. The van der Waals surface area contributed by atoms with Gasteiger partial charge in [0.1, 0.15) is 4.88 Å². The Morgan fingerprint density at radius 1 is 1.45 bits per heavy atom. The number of thiophene rings is 1. The number of ether oxygens (including phenoxy) is 1. The topological polar surface area (TPSA) is 58.6 Å². The highest BCUT2D eigenvalue weighted by molar-refractivity contribution is 7.12. The number of carbonyl (C=O) groups excluding carboxylic acids is 2. The van der Waals surface area contributed by atoms with E-state index in [0.29, 0.717) is 23.2 Å². The fourth-order valence-corrected chi connectivity index (χ4v) is 3.31. The maximum atomic E-state index is 12.0. The van der Waals surface area contributed by atoms with Crippen molar-refractivity contribution in [2.24, 2.45) is 0 Å². The second-order valence-electron chi connectivity index (χ2n) is 5.06. The van der Waals surface area contributed by atoms with Crippen molar-refractivity contribution in [3.63, 3.8) is 0 Å². The van der Waals surface area contributed by atoms with Crippen LogP contribution in [0.25, 0.3) is 0 Å². The molecule has 20 heavy (non-hydrogen) atoms. The number of carbonyl (C=O) groups is 2. The standard InChI is InChI=1S/C14H20N2O3S/c1-16(10-5-3-4-6-10)9-12(17)15-11-7-8-20-13(11)14(18)19-2/h7-8,10H,3-6,9H2,1-2H3,(H,15,17). The number of anilines is 1. The van der Waals surface area contributed by atoms with E-state index >= 15 is 0 Å². The number of likely N-dealkylation sites (N-methyl/N-ethyl adjacent to an activating group) is 1. The molecule has 0 unspecified atom stereocenters.